The van der Waals surface area contributed by atoms with Crippen LogP contribution in [0.4, 0.5) is 10.6 Å². The minimum absolute atomic E-state index is 0.0307. The Morgan fingerprint density at radius 1 is 1.22 bits per heavy atom. The van der Waals surface area contributed by atoms with Gasteiger partial charge in [-0.05, 0) is 29.5 Å². The molecule has 1 aliphatic rings. The van der Waals surface area contributed by atoms with Crippen molar-refractivity contribution >= 4 is 23.2 Å². The van der Waals surface area contributed by atoms with Gasteiger partial charge in [-0.3, -0.25) is 10.2 Å². The summed E-state index contributed by atoms with van der Waals surface area (Å²) in [5.74, 6) is 1.19. The van der Waals surface area contributed by atoms with Crippen LogP contribution in [0.3, 0.4) is 0 Å². The summed E-state index contributed by atoms with van der Waals surface area (Å²) in [5, 5.41) is 13.1. The highest BCUT2D eigenvalue weighted by molar-refractivity contribution is 7.10. The summed E-state index contributed by atoms with van der Waals surface area (Å²) in [4.78, 5) is 16.7. The van der Waals surface area contributed by atoms with Crippen LogP contribution in [0.1, 0.15) is 36.3 Å². The first-order valence-electron chi connectivity index (χ1n) is 11.0. The highest BCUT2D eigenvalue weighted by Crippen LogP contribution is 2.31. The van der Waals surface area contributed by atoms with E-state index in [1.165, 1.54) is 4.88 Å². The lowest BCUT2D eigenvalue weighted by Crippen LogP contribution is -2.42. The number of rotatable bonds is 8. The average molecular weight is 454 g/mol. The fourth-order valence-corrected chi connectivity index (χ4v) is 4.97. The van der Waals surface area contributed by atoms with E-state index in [0.717, 1.165) is 31.0 Å². The Morgan fingerprint density at radius 3 is 2.72 bits per heavy atom. The first kappa shape index (κ1) is 22.5. The third-order valence-corrected chi connectivity index (χ3v) is 6.80. The van der Waals surface area contributed by atoms with E-state index in [1.807, 2.05) is 36.4 Å². The van der Waals surface area contributed by atoms with E-state index in [9.17, 15) is 4.79 Å². The monoisotopic (exact) mass is 453 g/mol. The third kappa shape index (κ3) is 5.20. The summed E-state index contributed by atoms with van der Waals surface area (Å²) in [5.41, 5.74) is 1.85. The molecule has 2 amide bonds. The van der Waals surface area contributed by atoms with Gasteiger partial charge in [0, 0.05) is 43.6 Å². The maximum absolute atomic E-state index is 13.1. The van der Waals surface area contributed by atoms with Crippen molar-refractivity contribution in [3.05, 3.63) is 64.5 Å². The topological polar surface area (TPSA) is 71.4 Å². The van der Waals surface area contributed by atoms with Crippen LogP contribution >= 0.6 is 11.3 Å². The minimum Gasteiger partial charge on any atom is -0.383 e. The van der Waals surface area contributed by atoms with Gasteiger partial charge in [0.2, 0.25) is 0 Å². The second-order valence-electron chi connectivity index (χ2n) is 8.44. The Labute approximate surface area is 193 Å². The number of amides is 2. The van der Waals surface area contributed by atoms with Gasteiger partial charge in [0.1, 0.15) is 5.82 Å². The third-order valence-electron chi connectivity index (χ3n) is 5.79. The standard InChI is InChI=1S/C24H31N5O2S/c1-17(2)20-14-23(29(27-20)18-8-5-4-6-9-18)26-24(30)25-21-16-28(11-12-31-3)15-19(21)22-10-7-13-32-22/h4-10,13-14,17,19,21H,11-12,15-16H2,1-3H3,(H2,25,26,30)/t19-,21?/m1/s1. The molecular weight excluding hydrogens is 422 g/mol. The van der Waals surface area contributed by atoms with Crippen LogP contribution in [0.5, 0.6) is 0 Å². The van der Waals surface area contributed by atoms with Crippen molar-refractivity contribution in [2.24, 2.45) is 0 Å². The number of methoxy groups -OCH3 is 1. The molecule has 8 heteroatoms. The van der Waals surface area contributed by atoms with Crippen LogP contribution in [-0.2, 0) is 4.74 Å². The number of nitrogens with zero attached hydrogens (tertiary/aromatic N) is 3. The van der Waals surface area contributed by atoms with Crippen LogP contribution in [0.25, 0.3) is 5.69 Å². The molecule has 1 saturated heterocycles. The van der Waals surface area contributed by atoms with Crippen molar-refractivity contribution in [3.8, 4) is 5.69 Å². The highest BCUT2D eigenvalue weighted by Gasteiger charge is 2.35. The molecule has 0 spiro atoms. The molecule has 4 rings (SSSR count). The summed E-state index contributed by atoms with van der Waals surface area (Å²) in [6.45, 7) is 7.45. The van der Waals surface area contributed by atoms with Crippen molar-refractivity contribution in [1.82, 2.24) is 20.0 Å². The number of carbonyl (C=O) groups is 1. The van der Waals surface area contributed by atoms with E-state index < -0.39 is 0 Å². The first-order chi connectivity index (χ1) is 15.5. The van der Waals surface area contributed by atoms with Crippen LogP contribution < -0.4 is 10.6 Å². The maximum Gasteiger partial charge on any atom is 0.320 e. The predicted octanol–water partition coefficient (Wildman–Crippen LogP) is 4.29. The van der Waals surface area contributed by atoms with Gasteiger partial charge in [-0.15, -0.1) is 11.3 Å². The number of likely N-dealkylation sites (tertiary alicyclic amines) is 1. The number of urea groups is 1. The Morgan fingerprint density at radius 2 is 2.03 bits per heavy atom. The van der Waals surface area contributed by atoms with E-state index in [2.05, 4.69) is 46.9 Å². The second kappa shape index (κ2) is 10.3. The lowest BCUT2D eigenvalue weighted by Gasteiger charge is -2.19. The number of para-hydroxylation sites is 1. The van der Waals surface area contributed by atoms with Gasteiger partial charge in [0.25, 0.3) is 0 Å². The van der Waals surface area contributed by atoms with Gasteiger partial charge in [-0.2, -0.15) is 5.10 Å². The molecular formula is C24H31N5O2S. The molecule has 0 saturated carbocycles. The number of carbonyl (C=O) groups excluding carboxylic acids is 1. The van der Waals surface area contributed by atoms with E-state index in [-0.39, 0.29) is 23.9 Å². The molecule has 0 aliphatic carbocycles. The van der Waals surface area contributed by atoms with E-state index in [1.54, 1.807) is 23.1 Å². The number of hydrogen-bond donors (Lipinski definition) is 2. The van der Waals surface area contributed by atoms with Crippen LogP contribution in [0.2, 0.25) is 0 Å². The number of nitrogens with one attached hydrogen (secondary N) is 2. The predicted molar refractivity (Wildman–Crippen MR) is 129 cm³/mol. The van der Waals surface area contributed by atoms with E-state index in [4.69, 9.17) is 9.84 Å². The van der Waals surface area contributed by atoms with Crippen LogP contribution in [-0.4, -0.2) is 60.1 Å². The molecule has 1 unspecified atom stereocenters. The number of thiophene rings is 1. The molecule has 1 fully saturated rings. The van der Waals surface area contributed by atoms with Gasteiger partial charge in [0.05, 0.1) is 24.0 Å². The van der Waals surface area contributed by atoms with Crippen molar-refractivity contribution in [2.75, 3.05) is 38.7 Å². The zero-order chi connectivity index (χ0) is 22.5. The molecule has 2 atom stereocenters. The molecule has 7 nitrogen and oxygen atoms in total. The Balaban J connectivity index is 1.50. The summed E-state index contributed by atoms with van der Waals surface area (Å²) >= 11 is 1.74. The number of anilines is 1. The van der Waals surface area contributed by atoms with E-state index in [0.29, 0.717) is 12.4 Å². The zero-order valence-electron chi connectivity index (χ0n) is 18.8. The van der Waals surface area contributed by atoms with Gasteiger partial charge in [-0.25, -0.2) is 9.48 Å². The molecule has 170 valence electrons. The summed E-state index contributed by atoms with van der Waals surface area (Å²) in [6.07, 6.45) is 0. The second-order valence-corrected chi connectivity index (χ2v) is 9.42. The summed E-state index contributed by atoms with van der Waals surface area (Å²) in [6, 6.07) is 15.9. The molecule has 1 aliphatic heterocycles. The fraction of sp³-hybridized carbons (Fsp3) is 0.417. The van der Waals surface area contributed by atoms with Crippen molar-refractivity contribution < 1.29 is 9.53 Å². The molecule has 2 N–H and O–H groups in total. The number of benzene rings is 1. The van der Waals surface area contributed by atoms with Gasteiger partial charge < -0.3 is 10.1 Å². The minimum atomic E-state index is -0.211. The summed E-state index contributed by atoms with van der Waals surface area (Å²) < 4.78 is 7.05. The SMILES string of the molecule is COCCN1CC(NC(=O)Nc2cc(C(C)C)nn2-c2ccccc2)[C@H](c2cccs2)C1. The molecule has 0 radical (unpaired) electrons. The molecule has 3 aromatic rings. The van der Waals surface area contributed by atoms with Gasteiger partial charge >= 0.3 is 6.03 Å². The van der Waals surface area contributed by atoms with Gasteiger partial charge in [-0.1, -0.05) is 38.1 Å². The number of hydrogen-bond acceptors (Lipinski definition) is 5. The lowest BCUT2D eigenvalue weighted by molar-refractivity contribution is 0.159. The smallest absolute Gasteiger partial charge is 0.320 e. The highest BCUT2D eigenvalue weighted by atomic mass is 32.1. The Hall–Kier alpha value is -2.68. The normalized spacial score (nSPS) is 18.9. The molecule has 1 aromatic carbocycles. The zero-order valence-corrected chi connectivity index (χ0v) is 19.6. The largest absolute Gasteiger partial charge is 0.383 e. The van der Waals surface area contributed by atoms with Gasteiger partial charge in [0.15, 0.2) is 0 Å². The molecule has 2 aromatic heterocycles. The van der Waals surface area contributed by atoms with Crippen LogP contribution in [0, 0.1) is 0 Å². The Kier molecular flexibility index (Phi) is 7.24. The fourth-order valence-electron chi connectivity index (χ4n) is 4.08. The molecule has 3 heterocycles. The van der Waals surface area contributed by atoms with Crippen LogP contribution in [0.15, 0.2) is 53.9 Å². The summed E-state index contributed by atoms with van der Waals surface area (Å²) in [7, 11) is 1.72. The number of aromatic nitrogens is 2. The van der Waals surface area contributed by atoms with Crippen molar-refractivity contribution in [1.29, 1.82) is 0 Å². The molecule has 0 bridgehead atoms. The maximum atomic E-state index is 13.1. The average Bonchev–Trinajstić information content (AvgIpc) is 3.53. The van der Waals surface area contributed by atoms with Crippen molar-refractivity contribution in [2.45, 2.75) is 31.7 Å². The Bertz CT molecular complexity index is 1000. The lowest BCUT2D eigenvalue weighted by atomic mass is 10.0. The van der Waals surface area contributed by atoms with E-state index >= 15 is 0 Å². The quantitative estimate of drug-likeness (QED) is 0.534. The first-order valence-corrected chi connectivity index (χ1v) is 11.9. The molecule has 32 heavy (non-hydrogen) atoms. The number of ether oxygens (including phenoxy) is 1. The van der Waals surface area contributed by atoms with Crippen molar-refractivity contribution in [3.63, 3.8) is 0 Å².